The van der Waals surface area contributed by atoms with Gasteiger partial charge in [-0.3, -0.25) is 9.78 Å². The molecule has 0 saturated carbocycles. The van der Waals surface area contributed by atoms with Crippen molar-refractivity contribution in [2.24, 2.45) is 5.92 Å². The predicted molar refractivity (Wildman–Crippen MR) is 54.4 cm³/mol. The average molecular weight is 188 g/mol. The summed E-state index contributed by atoms with van der Waals surface area (Å²) < 4.78 is 1.87. The van der Waals surface area contributed by atoms with Crippen LogP contribution in [0.15, 0.2) is 30.7 Å². The van der Waals surface area contributed by atoms with Gasteiger partial charge in [0.15, 0.2) is 5.78 Å². The van der Waals surface area contributed by atoms with E-state index in [4.69, 9.17) is 0 Å². The van der Waals surface area contributed by atoms with Gasteiger partial charge >= 0.3 is 0 Å². The van der Waals surface area contributed by atoms with Gasteiger partial charge in [0.1, 0.15) is 0 Å². The maximum Gasteiger partial charge on any atom is 0.182 e. The highest BCUT2D eigenvalue weighted by molar-refractivity contribution is 5.97. The molecule has 0 bridgehead atoms. The first-order chi connectivity index (χ1) is 6.70. The number of aromatic nitrogens is 2. The normalized spacial score (nSPS) is 11.1. The fourth-order valence-corrected chi connectivity index (χ4v) is 1.46. The molecule has 0 aliphatic heterocycles. The van der Waals surface area contributed by atoms with E-state index in [1.807, 2.05) is 36.6 Å². The quantitative estimate of drug-likeness (QED) is 0.677. The molecule has 0 N–H and O–H groups in total. The van der Waals surface area contributed by atoms with Crippen LogP contribution in [0.5, 0.6) is 0 Å². The molecule has 0 atom stereocenters. The number of hydrogen-bond acceptors (Lipinski definition) is 2. The monoisotopic (exact) mass is 188 g/mol. The summed E-state index contributed by atoms with van der Waals surface area (Å²) in [4.78, 5) is 15.8. The Kier molecular flexibility index (Phi) is 2.08. The van der Waals surface area contributed by atoms with E-state index >= 15 is 0 Å². The highest BCUT2D eigenvalue weighted by Gasteiger charge is 2.13. The summed E-state index contributed by atoms with van der Waals surface area (Å²) in [5.41, 5.74) is 1.69. The van der Waals surface area contributed by atoms with Crippen LogP contribution in [0, 0.1) is 5.92 Å². The number of carbonyl (C=O) groups is 1. The highest BCUT2D eigenvalue weighted by Crippen LogP contribution is 2.12. The van der Waals surface area contributed by atoms with Gasteiger partial charge in [0.05, 0.1) is 17.4 Å². The Balaban J connectivity index is 2.58. The minimum absolute atomic E-state index is 0.0289. The van der Waals surface area contributed by atoms with Crippen LogP contribution < -0.4 is 0 Å². The second-order valence-corrected chi connectivity index (χ2v) is 3.61. The summed E-state index contributed by atoms with van der Waals surface area (Å²) in [5, 5.41) is 0. The van der Waals surface area contributed by atoms with Crippen molar-refractivity contribution in [2.75, 3.05) is 0 Å². The SMILES string of the molecule is CC(C)C(=O)c1ccc2cnccn12. The van der Waals surface area contributed by atoms with E-state index in [1.165, 1.54) is 0 Å². The zero-order valence-electron chi connectivity index (χ0n) is 8.27. The molecule has 2 aromatic rings. The summed E-state index contributed by atoms with van der Waals surface area (Å²) in [6, 6.07) is 3.75. The van der Waals surface area contributed by atoms with Crippen molar-refractivity contribution in [3.63, 3.8) is 0 Å². The molecule has 0 aliphatic rings. The first-order valence-corrected chi connectivity index (χ1v) is 4.65. The van der Waals surface area contributed by atoms with Crippen molar-refractivity contribution < 1.29 is 4.79 Å². The molecule has 0 spiro atoms. The largest absolute Gasteiger partial charge is 0.311 e. The van der Waals surface area contributed by atoms with Gasteiger partial charge in [-0.2, -0.15) is 0 Å². The van der Waals surface area contributed by atoms with Crippen LogP contribution in [-0.4, -0.2) is 15.2 Å². The molecular weight excluding hydrogens is 176 g/mol. The molecule has 3 nitrogen and oxygen atoms in total. The van der Waals surface area contributed by atoms with E-state index in [-0.39, 0.29) is 11.7 Å². The fraction of sp³-hybridized carbons (Fsp3) is 0.273. The topological polar surface area (TPSA) is 34.4 Å². The van der Waals surface area contributed by atoms with Gasteiger partial charge in [0, 0.05) is 18.3 Å². The minimum Gasteiger partial charge on any atom is -0.311 e. The second-order valence-electron chi connectivity index (χ2n) is 3.61. The van der Waals surface area contributed by atoms with E-state index in [0.29, 0.717) is 0 Å². The lowest BCUT2D eigenvalue weighted by atomic mass is 10.1. The molecule has 0 saturated heterocycles. The smallest absolute Gasteiger partial charge is 0.182 e. The van der Waals surface area contributed by atoms with Crippen LogP contribution >= 0.6 is 0 Å². The van der Waals surface area contributed by atoms with Crippen LogP contribution in [0.3, 0.4) is 0 Å². The van der Waals surface area contributed by atoms with Crippen molar-refractivity contribution in [1.29, 1.82) is 0 Å². The fourth-order valence-electron chi connectivity index (χ4n) is 1.46. The number of carbonyl (C=O) groups excluding carboxylic acids is 1. The van der Waals surface area contributed by atoms with E-state index in [9.17, 15) is 4.79 Å². The van der Waals surface area contributed by atoms with Gasteiger partial charge in [-0.15, -0.1) is 0 Å². The summed E-state index contributed by atoms with van der Waals surface area (Å²) >= 11 is 0. The van der Waals surface area contributed by atoms with E-state index in [0.717, 1.165) is 11.2 Å². The first kappa shape index (κ1) is 8.94. The highest BCUT2D eigenvalue weighted by atomic mass is 16.1. The molecule has 0 aliphatic carbocycles. The zero-order chi connectivity index (χ0) is 10.1. The third-order valence-electron chi connectivity index (χ3n) is 2.24. The molecular formula is C11H12N2O. The number of ketones is 1. The number of rotatable bonds is 2. The third kappa shape index (κ3) is 1.31. The van der Waals surface area contributed by atoms with Gasteiger partial charge in [-0.05, 0) is 12.1 Å². The van der Waals surface area contributed by atoms with Crippen molar-refractivity contribution in [2.45, 2.75) is 13.8 Å². The Morgan fingerprint density at radius 1 is 1.43 bits per heavy atom. The lowest BCUT2D eigenvalue weighted by molar-refractivity contribution is 0.0933. The van der Waals surface area contributed by atoms with Crippen molar-refractivity contribution in [3.8, 4) is 0 Å². The van der Waals surface area contributed by atoms with E-state index < -0.39 is 0 Å². The standard InChI is InChI=1S/C11H12N2O/c1-8(2)11(14)10-4-3-9-7-12-5-6-13(9)10/h3-8H,1-2H3. The van der Waals surface area contributed by atoms with Crippen molar-refractivity contribution in [3.05, 3.63) is 36.4 Å². The Morgan fingerprint density at radius 3 is 2.93 bits per heavy atom. The molecule has 72 valence electrons. The minimum atomic E-state index is 0.0289. The van der Waals surface area contributed by atoms with Gasteiger partial charge in [0.2, 0.25) is 0 Å². The van der Waals surface area contributed by atoms with Crippen LogP contribution in [0.1, 0.15) is 24.3 Å². The molecule has 0 unspecified atom stereocenters. The lowest BCUT2D eigenvalue weighted by Gasteiger charge is -2.03. The number of hydrogen-bond donors (Lipinski definition) is 0. The van der Waals surface area contributed by atoms with Crippen LogP contribution in [0.25, 0.3) is 5.52 Å². The van der Waals surface area contributed by atoms with Crippen LogP contribution in [0.4, 0.5) is 0 Å². The van der Waals surface area contributed by atoms with Gasteiger partial charge in [0.25, 0.3) is 0 Å². The summed E-state index contributed by atoms with van der Waals surface area (Å²) in [6.45, 7) is 3.81. The molecule has 3 heteroatoms. The molecule has 2 heterocycles. The summed E-state index contributed by atoms with van der Waals surface area (Å²) in [5.74, 6) is 0.192. The Morgan fingerprint density at radius 2 is 2.21 bits per heavy atom. The van der Waals surface area contributed by atoms with Crippen LogP contribution in [0.2, 0.25) is 0 Å². The Hall–Kier alpha value is -1.64. The van der Waals surface area contributed by atoms with Crippen molar-refractivity contribution >= 4 is 11.3 Å². The predicted octanol–water partition coefficient (Wildman–Crippen LogP) is 2.17. The van der Waals surface area contributed by atoms with Gasteiger partial charge in [-0.25, -0.2) is 0 Å². The maximum absolute atomic E-state index is 11.8. The Labute approximate surface area is 82.4 Å². The summed E-state index contributed by atoms with van der Waals surface area (Å²) in [7, 11) is 0. The number of nitrogens with zero attached hydrogens (tertiary/aromatic N) is 2. The molecule has 2 rings (SSSR count). The molecule has 0 amide bonds. The molecule has 2 aromatic heterocycles. The van der Waals surface area contributed by atoms with Crippen LogP contribution in [-0.2, 0) is 0 Å². The van der Waals surface area contributed by atoms with Crippen molar-refractivity contribution in [1.82, 2.24) is 9.38 Å². The molecule has 14 heavy (non-hydrogen) atoms. The average Bonchev–Trinajstić information content (AvgIpc) is 2.60. The summed E-state index contributed by atoms with van der Waals surface area (Å²) in [6.07, 6.45) is 5.24. The maximum atomic E-state index is 11.8. The Bertz CT molecular complexity index is 471. The van der Waals surface area contributed by atoms with E-state index in [1.54, 1.807) is 12.4 Å². The lowest BCUT2D eigenvalue weighted by Crippen LogP contribution is -2.10. The van der Waals surface area contributed by atoms with Gasteiger partial charge in [-0.1, -0.05) is 13.8 Å². The molecule has 0 radical (unpaired) electrons. The van der Waals surface area contributed by atoms with E-state index in [2.05, 4.69) is 4.98 Å². The van der Waals surface area contributed by atoms with Gasteiger partial charge < -0.3 is 4.40 Å². The number of Topliss-reactive ketones (excluding diaryl/α,β-unsaturated/α-hetero) is 1. The second kappa shape index (κ2) is 3.25. The molecule has 0 aromatic carbocycles. The first-order valence-electron chi connectivity index (χ1n) is 4.65. The third-order valence-corrected chi connectivity index (χ3v) is 2.24. The molecule has 0 fully saturated rings. The zero-order valence-corrected chi connectivity index (χ0v) is 8.27. The number of fused-ring (bicyclic) bond motifs is 1.